The van der Waals surface area contributed by atoms with Gasteiger partial charge in [0.15, 0.2) is 0 Å². The summed E-state index contributed by atoms with van der Waals surface area (Å²) in [5, 5.41) is 9.32. The zero-order valence-electron chi connectivity index (χ0n) is 13.0. The summed E-state index contributed by atoms with van der Waals surface area (Å²) < 4.78 is 28.3. The van der Waals surface area contributed by atoms with Crippen molar-refractivity contribution in [2.24, 2.45) is 5.41 Å². The van der Waals surface area contributed by atoms with E-state index in [2.05, 4.69) is 4.72 Å². The average molecular weight is 308 g/mol. The molecule has 0 spiro atoms. The van der Waals surface area contributed by atoms with Gasteiger partial charge in [0.25, 0.3) is 10.2 Å². The zero-order chi connectivity index (χ0) is 15.8. The summed E-state index contributed by atoms with van der Waals surface area (Å²) in [5.74, 6) is -0.956. The first kappa shape index (κ1) is 19.3. The standard InChI is InChI=1S/C13H28N2O4S/c1-5-9-15(10-6-2)20(18,19)14-11-13(7-3,8-4)12(16)17/h14H,5-11H2,1-4H3,(H,16,17). The van der Waals surface area contributed by atoms with Gasteiger partial charge < -0.3 is 5.11 Å². The smallest absolute Gasteiger partial charge is 0.310 e. The van der Waals surface area contributed by atoms with Gasteiger partial charge in [0.2, 0.25) is 0 Å². The molecule has 0 aromatic heterocycles. The first-order valence-corrected chi connectivity index (χ1v) is 8.71. The molecule has 6 nitrogen and oxygen atoms in total. The maximum Gasteiger partial charge on any atom is 0.310 e. The molecule has 0 aliphatic heterocycles. The van der Waals surface area contributed by atoms with E-state index < -0.39 is 21.6 Å². The highest BCUT2D eigenvalue weighted by atomic mass is 32.2. The molecule has 0 fully saturated rings. The molecule has 0 atom stereocenters. The number of rotatable bonds is 11. The van der Waals surface area contributed by atoms with E-state index in [-0.39, 0.29) is 6.54 Å². The van der Waals surface area contributed by atoms with Crippen molar-refractivity contribution in [3.63, 3.8) is 0 Å². The lowest BCUT2D eigenvalue weighted by atomic mass is 9.83. The summed E-state index contributed by atoms with van der Waals surface area (Å²) in [4.78, 5) is 11.4. The molecule has 0 rings (SSSR count). The van der Waals surface area contributed by atoms with E-state index >= 15 is 0 Å². The highest BCUT2D eigenvalue weighted by Crippen LogP contribution is 2.26. The Morgan fingerprint density at radius 1 is 1.10 bits per heavy atom. The van der Waals surface area contributed by atoms with Gasteiger partial charge in [0, 0.05) is 19.6 Å². The molecule has 2 N–H and O–H groups in total. The highest BCUT2D eigenvalue weighted by Gasteiger charge is 2.36. The summed E-state index contributed by atoms with van der Waals surface area (Å²) >= 11 is 0. The van der Waals surface area contributed by atoms with Crippen molar-refractivity contribution >= 4 is 16.2 Å². The fraction of sp³-hybridized carbons (Fsp3) is 0.923. The predicted molar refractivity (Wildman–Crippen MR) is 79.7 cm³/mol. The Morgan fingerprint density at radius 2 is 1.55 bits per heavy atom. The quantitative estimate of drug-likeness (QED) is 0.609. The van der Waals surface area contributed by atoms with Crippen LogP contribution in [0.2, 0.25) is 0 Å². The van der Waals surface area contributed by atoms with Gasteiger partial charge in [-0.1, -0.05) is 27.7 Å². The van der Waals surface area contributed by atoms with Crippen LogP contribution in [0.5, 0.6) is 0 Å². The molecule has 0 aliphatic rings. The molecule has 0 bridgehead atoms. The van der Waals surface area contributed by atoms with Crippen molar-refractivity contribution in [2.75, 3.05) is 19.6 Å². The van der Waals surface area contributed by atoms with Gasteiger partial charge in [0.1, 0.15) is 0 Å². The Hall–Kier alpha value is -0.660. The van der Waals surface area contributed by atoms with Crippen LogP contribution < -0.4 is 4.72 Å². The van der Waals surface area contributed by atoms with Crippen molar-refractivity contribution < 1.29 is 18.3 Å². The Labute approximate surface area is 122 Å². The SMILES string of the molecule is CCCN(CCC)S(=O)(=O)NCC(CC)(CC)C(=O)O. The first-order valence-electron chi connectivity index (χ1n) is 7.27. The van der Waals surface area contributed by atoms with Crippen LogP contribution in [0.25, 0.3) is 0 Å². The van der Waals surface area contributed by atoms with Crippen LogP contribution in [0.1, 0.15) is 53.4 Å². The Morgan fingerprint density at radius 3 is 1.85 bits per heavy atom. The minimum Gasteiger partial charge on any atom is -0.481 e. The van der Waals surface area contributed by atoms with E-state index in [0.29, 0.717) is 25.9 Å². The fourth-order valence-corrected chi connectivity index (χ4v) is 3.54. The number of nitrogens with zero attached hydrogens (tertiary/aromatic N) is 1. The number of aliphatic carboxylic acids is 1. The Balaban J connectivity index is 4.94. The van der Waals surface area contributed by atoms with Crippen LogP contribution in [0, 0.1) is 5.41 Å². The molecule has 0 aliphatic carbocycles. The summed E-state index contributed by atoms with van der Waals surface area (Å²) in [6, 6.07) is 0. The van der Waals surface area contributed by atoms with E-state index in [4.69, 9.17) is 0 Å². The van der Waals surface area contributed by atoms with E-state index in [1.54, 1.807) is 13.8 Å². The first-order chi connectivity index (χ1) is 9.29. The molecule has 0 aromatic rings. The molecular weight excluding hydrogens is 280 g/mol. The maximum atomic E-state index is 12.2. The molecule has 0 radical (unpaired) electrons. The molecule has 0 amide bonds. The largest absolute Gasteiger partial charge is 0.481 e. The van der Waals surface area contributed by atoms with E-state index in [9.17, 15) is 18.3 Å². The number of nitrogens with one attached hydrogen (secondary N) is 1. The molecule has 0 saturated heterocycles. The molecule has 20 heavy (non-hydrogen) atoms. The average Bonchev–Trinajstić information content (AvgIpc) is 2.40. The van der Waals surface area contributed by atoms with Gasteiger partial charge in [-0.25, -0.2) is 4.72 Å². The third kappa shape index (κ3) is 5.03. The Bertz CT molecular complexity index is 385. The molecule has 0 heterocycles. The molecule has 120 valence electrons. The minimum absolute atomic E-state index is 0.0679. The molecule has 0 unspecified atom stereocenters. The van der Waals surface area contributed by atoms with Crippen molar-refractivity contribution in [1.29, 1.82) is 0 Å². The third-order valence-corrected chi connectivity index (χ3v) is 5.24. The lowest BCUT2D eigenvalue weighted by Gasteiger charge is -2.29. The Kier molecular flexibility index (Phi) is 8.30. The van der Waals surface area contributed by atoms with Gasteiger partial charge >= 0.3 is 5.97 Å². The number of carboxylic acids is 1. The van der Waals surface area contributed by atoms with Crippen LogP contribution in [0.15, 0.2) is 0 Å². The third-order valence-electron chi connectivity index (χ3n) is 3.69. The molecule has 7 heteroatoms. The second-order valence-electron chi connectivity index (χ2n) is 5.02. The molecule has 0 saturated carbocycles. The van der Waals surface area contributed by atoms with Crippen LogP contribution >= 0.6 is 0 Å². The lowest BCUT2D eigenvalue weighted by Crippen LogP contribution is -2.48. The molecule has 0 aromatic carbocycles. The lowest BCUT2D eigenvalue weighted by molar-refractivity contribution is -0.149. The van der Waals surface area contributed by atoms with Crippen LogP contribution in [-0.4, -0.2) is 43.4 Å². The summed E-state index contributed by atoms with van der Waals surface area (Å²) in [5.41, 5.74) is -1.03. The van der Waals surface area contributed by atoms with Gasteiger partial charge in [-0.3, -0.25) is 4.79 Å². The number of carbonyl (C=O) groups is 1. The fourth-order valence-electron chi connectivity index (χ4n) is 2.05. The highest BCUT2D eigenvalue weighted by molar-refractivity contribution is 7.87. The predicted octanol–water partition coefficient (Wildman–Crippen LogP) is 1.83. The topological polar surface area (TPSA) is 86.7 Å². The minimum atomic E-state index is -3.61. The van der Waals surface area contributed by atoms with E-state index in [1.807, 2.05) is 13.8 Å². The number of hydrogen-bond acceptors (Lipinski definition) is 3. The normalized spacial score (nSPS) is 12.8. The van der Waals surface area contributed by atoms with E-state index in [0.717, 1.165) is 12.8 Å². The molecular formula is C13H28N2O4S. The second kappa shape index (κ2) is 8.59. The summed E-state index contributed by atoms with van der Waals surface area (Å²) in [7, 11) is -3.61. The monoisotopic (exact) mass is 308 g/mol. The van der Waals surface area contributed by atoms with Crippen LogP contribution in [-0.2, 0) is 15.0 Å². The zero-order valence-corrected chi connectivity index (χ0v) is 13.8. The van der Waals surface area contributed by atoms with Gasteiger partial charge in [0.05, 0.1) is 5.41 Å². The van der Waals surface area contributed by atoms with Crippen molar-refractivity contribution in [3.8, 4) is 0 Å². The number of carboxylic acid groups (broad SMARTS) is 1. The van der Waals surface area contributed by atoms with Gasteiger partial charge in [-0.15, -0.1) is 0 Å². The van der Waals surface area contributed by atoms with Crippen molar-refractivity contribution in [3.05, 3.63) is 0 Å². The second-order valence-corrected chi connectivity index (χ2v) is 6.77. The van der Waals surface area contributed by atoms with Gasteiger partial charge in [-0.2, -0.15) is 12.7 Å². The summed E-state index contributed by atoms with van der Waals surface area (Å²) in [6.45, 7) is 8.18. The number of hydrogen-bond donors (Lipinski definition) is 2. The maximum absolute atomic E-state index is 12.2. The van der Waals surface area contributed by atoms with Crippen molar-refractivity contribution in [1.82, 2.24) is 9.03 Å². The summed E-state index contributed by atoms with van der Waals surface area (Å²) in [6.07, 6.45) is 2.24. The van der Waals surface area contributed by atoms with E-state index in [1.165, 1.54) is 4.31 Å². The van der Waals surface area contributed by atoms with Crippen LogP contribution in [0.4, 0.5) is 0 Å². The van der Waals surface area contributed by atoms with Crippen molar-refractivity contribution in [2.45, 2.75) is 53.4 Å². The van der Waals surface area contributed by atoms with Gasteiger partial charge in [-0.05, 0) is 25.7 Å². The van der Waals surface area contributed by atoms with Crippen LogP contribution in [0.3, 0.4) is 0 Å².